The molecule has 1 rings (SSSR count). The van der Waals surface area contributed by atoms with Gasteiger partial charge in [-0.3, -0.25) is 0 Å². The molecule has 0 unspecified atom stereocenters. The van der Waals surface area contributed by atoms with Crippen LogP contribution in [0, 0.1) is 0 Å². The highest BCUT2D eigenvalue weighted by molar-refractivity contribution is 9.10. The van der Waals surface area contributed by atoms with E-state index in [1.807, 2.05) is 39.0 Å². The summed E-state index contributed by atoms with van der Waals surface area (Å²) in [6.45, 7) is 6.41. The van der Waals surface area contributed by atoms with Gasteiger partial charge in [-0.2, -0.15) is 0 Å². The predicted molar refractivity (Wildman–Crippen MR) is 80.7 cm³/mol. The molecule has 0 aliphatic rings. The second-order valence-electron chi connectivity index (χ2n) is 5.34. The van der Waals surface area contributed by atoms with Gasteiger partial charge in [0.1, 0.15) is 5.75 Å². The van der Waals surface area contributed by atoms with Gasteiger partial charge in [0.2, 0.25) is 0 Å². The summed E-state index contributed by atoms with van der Waals surface area (Å²) in [4.78, 5) is 11.6. The number of hydrogen-bond donors (Lipinski definition) is 2. The first-order chi connectivity index (χ1) is 8.81. The van der Waals surface area contributed by atoms with Crippen LogP contribution in [0.25, 0.3) is 0 Å². The lowest BCUT2D eigenvalue weighted by Crippen LogP contribution is -2.46. The minimum Gasteiger partial charge on any atom is -0.496 e. The molecule has 0 aliphatic heterocycles. The van der Waals surface area contributed by atoms with Crippen molar-refractivity contribution in [1.82, 2.24) is 10.6 Å². The summed E-state index contributed by atoms with van der Waals surface area (Å²) in [5.41, 5.74) is 0.838. The summed E-state index contributed by atoms with van der Waals surface area (Å²) in [6, 6.07) is 5.69. The third-order valence-electron chi connectivity index (χ3n) is 2.41. The number of nitrogens with one attached hydrogen (secondary N) is 2. The van der Waals surface area contributed by atoms with Gasteiger partial charge < -0.3 is 15.4 Å². The molecule has 19 heavy (non-hydrogen) atoms. The molecule has 1 aromatic rings. The molecule has 2 N–H and O–H groups in total. The lowest BCUT2D eigenvalue weighted by atomic mass is 10.1. The Morgan fingerprint density at radius 1 is 1.37 bits per heavy atom. The Bertz CT molecular complexity index is 442. The third kappa shape index (κ3) is 5.96. The van der Waals surface area contributed by atoms with Crippen LogP contribution in [0.4, 0.5) is 4.79 Å². The molecule has 0 saturated carbocycles. The van der Waals surface area contributed by atoms with Crippen molar-refractivity contribution >= 4 is 22.0 Å². The van der Waals surface area contributed by atoms with Gasteiger partial charge in [-0.05, 0) is 51.0 Å². The molecule has 0 aliphatic carbocycles. The standard InChI is InChI=1S/C14H21BrN2O2/c1-14(2,3)17-13(18)16-8-7-10-9-11(15)5-6-12(10)19-4/h5-6,9H,7-8H2,1-4H3,(H2,16,17,18). The van der Waals surface area contributed by atoms with Gasteiger partial charge in [0.25, 0.3) is 0 Å². The predicted octanol–water partition coefficient (Wildman–Crippen LogP) is 3.10. The van der Waals surface area contributed by atoms with Gasteiger partial charge in [0.15, 0.2) is 0 Å². The maximum atomic E-state index is 11.6. The highest BCUT2D eigenvalue weighted by atomic mass is 79.9. The van der Waals surface area contributed by atoms with Crippen LogP contribution in [0.2, 0.25) is 0 Å². The van der Waals surface area contributed by atoms with Crippen LogP contribution in [0.3, 0.4) is 0 Å². The van der Waals surface area contributed by atoms with Gasteiger partial charge >= 0.3 is 6.03 Å². The summed E-state index contributed by atoms with van der Waals surface area (Å²) in [7, 11) is 1.65. The Balaban J connectivity index is 2.49. The fraction of sp³-hybridized carbons (Fsp3) is 0.500. The molecule has 0 bridgehead atoms. The first-order valence-electron chi connectivity index (χ1n) is 6.20. The Hall–Kier alpha value is -1.23. The monoisotopic (exact) mass is 328 g/mol. The first-order valence-corrected chi connectivity index (χ1v) is 6.99. The van der Waals surface area contributed by atoms with Crippen molar-refractivity contribution in [2.24, 2.45) is 0 Å². The SMILES string of the molecule is COc1ccc(Br)cc1CCNC(=O)NC(C)(C)C. The highest BCUT2D eigenvalue weighted by Gasteiger charge is 2.13. The van der Waals surface area contributed by atoms with Gasteiger partial charge in [0, 0.05) is 16.6 Å². The molecule has 2 amide bonds. The van der Waals surface area contributed by atoms with Crippen molar-refractivity contribution in [1.29, 1.82) is 0 Å². The van der Waals surface area contributed by atoms with Crippen LogP contribution in [-0.4, -0.2) is 25.2 Å². The molecule has 1 aromatic carbocycles. The summed E-state index contributed by atoms with van der Waals surface area (Å²) < 4.78 is 6.29. The number of urea groups is 1. The fourth-order valence-corrected chi connectivity index (χ4v) is 2.05. The quantitative estimate of drug-likeness (QED) is 0.892. The number of rotatable bonds is 4. The van der Waals surface area contributed by atoms with Crippen LogP contribution in [0.5, 0.6) is 5.75 Å². The van der Waals surface area contributed by atoms with Crippen molar-refractivity contribution in [3.63, 3.8) is 0 Å². The van der Waals surface area contributed by atoms with Crippen LogP contribution in [0.15, 0.2) is 22.7 Å². The van der Waals surface area contributed by atoms with E-state index in [4.69, 9.17) is 4.74 Å². The van der Waals surface area contributed by atoms with E-state index in [0.29, 0.717) is 6.54 Å². The molecule has 0 spiro atoms. The van der Waals surface area contributed by atoms with Crippen LogP contribution >= 0.6 is 15.9 Å². The first kappa shape index (κ1) is 15.8. The molecule has 4 nitrogen and oxygen atoms in total. The lowest BCUT2D eigenvalue weighted by molar-refractivity contribution is 0.232. The van der Waals surface area contributed by atoms with Crippen LogP contribution in [0.1, 0.15) is 26.3 Å². The second-order valence-corrected chi connectivity index (χ2v) is 6.25. The number of ether oxygens (including phenoxy) is 1. The Morgan fingerprint density at radius 2 is 2.05 bits per heavy atom. The van der Waals surface area contributed by atoms with Crippen LogP contribution < -0.4 is 15.4 Å². The Kier molecular flexibility index (Phi) is 5.66. The van der Waals surface area contributed by atoms with Crippen molar-refractivity contribution in [2.45, 2.75) is 32.7 Å². The Morgan fingerprint density at radius 3 is 2.63 bits per heavy atom. The minimum atomic E-state index is -0.225. The molecule has 0 atom stereocenters. The Labute approximate surface area is 123 Å². The van der Waals surface area contributed by atoms with E-state index >= 15 is 0 Å². The van der Waals surface area contributed by atoms with Crippen molar-refractivity contribution in [3.05, 3.63) is 28.2 Å². The normalized spacial score (nSPS) is 11.0. The van der Waals surface area contributed by atoms with E-state index in [-0.39, 0.29) is 11.6 Å². The second kappa shape index (κ2) is 6.80. The molecular weight excluding hydrogens is 308 g/mol. The molecule has 5 heteroatoms. The number of hydrogen-bond acceptors (Lipinski definition) is 2. The largest absolute Gasteiger partial charge is 0.496 e. The summed E-state index contributed by atoms with van der Waals surface area (Å²) in [6.07, 6.45) is 0.722. The molecule has 0 radical (unpaired) electrons. The number of methoxy groups -OCH3 is 1. The molecule has 0 saturated heterocycles. The van der Waals surface area contributed by atoms with Crippen molar-refractivity contribution < 1.29 is 9.53 Å². The number of benzene rings is 1. The maximum Gasteiger partial charge on any atom is 0.315 e. The molecule has 0 aromatic heterocycles. The lowest BCUT2D eigenvalue weighted by Gasteiger charge is -2.20. The molecular formula is C14H21BrN2O2. The third-order valence-corrected chi connectivity index (χ3v) is 2.90. The number of carbonyl (C=O) groups excluding carboxylic acids is 1. The molecule has 0 heterocycles. The van der Waals surface area contributed by atoms with E-state index in [9.17, 15) is 4.79 Å². The maximum absolute atomic E-state index is 11.6. The zero-order valence-corrected chi connectivity index (χ0v) is 13.4. The smallest absolute Gasteiger partial charge is 0.315 e. The van der Waals surface area contributed by atoms with Gasteiger partial charge in [-0.25, -0.2) is 4.79 Å². The van der Waals surface area contributed by atoms with Crippen molar-refractivity contribution in [2.75, 3.05) is 13.7 Å². The van der Waals surface area contributed by atoms with Gasteiger partial charge in [0.05, 0.1) is 7.11 Å². The van der Waals surface area contributed by atoms with E-state index in [1.54, 1.807) is 7.11 Å². The molecule has 106 valence electrons. The van der Waals surface area contributed by atoms with E-state index in [2.05, 4.69) is 26.6 Å². The van der Waals surface area contributed by atoms with E-state index in [1.165, 1.54) is 0 Å². The topological polar surface area (TPSA) is 50.4 Å². The average Bonchev–Trinajstić information content (AvgIpc) is 2.27. The minimum absolute atomic E-state index is 0.151. The van der Waals surface area contributed by atoms with Gasteiger partial charge in [-0.1, -0.05) is 15.9 Å². The fourth-order valence-electron chi connectivity index (χ4n) is 1.64. The highest BCUT2D eigenvalue weighted by Crippen LogP contribution is 2.23. The number of halogens is 1. The van der Waals surface area contributed by atoms with Crippen LogP contribution in [-0.2, 0) is 6.42 Å². The zero-order chi connectivity index (χ0) is 14.5. The van der Waals surface area contributed by atoms with E-state index in [0.717, 1.165) is 22.2 Å². The number of amides is 2. The molecule has 0 fully saturated rings. The summed E-state index contributed by atoms with van der Waals surface area (Å²) >= 11 is 3.43. The summed E-state index contributed by atoms with van der Waals surface area (Å²) in [5.74, 6) is 0.834. The summed E-state index contributed by atoms with van der Waals surface area (Å²) in [5, 5.41) is 5.69. The van der Waals surface area contributed by atoms with E-state index < -0.39 is 0 Å². The average molecular weight is 329 g/mol. The number of carbonyl (C=O) groups is 1. The van der Waals surface area contributed by atoms with Gasteiger partial charge in [-0.15, -0.1) is 0 Å². The zero-order valence-electron chi connectivity index (χ0n) is 11.8. The van der Waals surface area contributed by atoms with Crippen molar-refractivity contribution in [3.8, 4) is 5.75 Å².